The van der Waals surface area contributed by atoms with Crippen molar-refractivity contribution in [3.63, 3.8) is 0 Å². The number of benzene rings is 2. The van der Waals surface area contributed by atoms with E-state index < -0.39 is 9.84 Å². The van der Waals surface area contributed by atoms with Gasteiger partial charge in [-0.05, 0) is 53.9 Å². The number of nitrogens with zero attached hydrogens (tertiary/aromatic N) is 1. The number of rotatable bonds is 6. The maximum absolute atomic E-state index is 12.9. The third-order valence-corrected chi connectivity index (χ3v) is 6.47. The number of pyridine rings is 1. The molecular formula is C21H18BrNO3S. The molecule has 0 fully saturated rings. The van der Waals surface area contributed by atoms with Gasteiger partial charge in [-0.1, -0.05) is 41.1 Å². The van der Waals surface area contributed by atoms with Crippen LogP contribution in [-0.2, 0) is 22.0 Å². The number of carbonyl (C=O) groups excluding carboxylic acids is 1. The van der Waals surface area contributed by atoms with Crippen molar-refractivity contribution < 1.29 is 13.2 Å². The zero-order chi connectivity index (χ0) is 19.4. The second kappa shape index (κ2) is 8.15. The normalized spacial score (nSPS) is 11.3. The maximum atomic E-state index is 12.9. The Labute approximate surface area is 167 Å². The SMILES string of the molecule is CCc1ccc(S(=O)(=O)Cc2ccc(Br)cc2C(=O)c2ccncc2)cc1. The van der Waals surface area contributed by atoms with Gasteiger partial charge in [0.05, 0.1) is 10.6 Å². The van der Waals surface area contributed by atoms with E-state index in [1.807, 2.05) is 19.1 Å². The third-order valence-electron chi connectivity index (χ3n) is 4.30. The van der Waals surface area contributed by atoms with Gasteiger partial charge < -0.3 is 0 Å². The number of aryl methyl sites for hydroxylation is 1. The van der Waals surface area contributed by atoms with E-state index >= 15 is 0 Å². The van der Waals surface area contributed by atoms with Gasteiger partial charge >= 0.3 is 0 Å². The van der Waals surface area contributed by atoms with Gasteiger partial charge in [-0.3, -0.25) is 9.78 Å². The van der Waals surface area contributed by atoms with Crippen LogP contribution in [0.4, 0.5) is 0 Å². The molecule has 0 radical (unpaired) electrons. The van der Waals surface area contributed by atoms with Crippen LogP contribution in [0.25, 0.3) is 0 Å². The summed E-state index contributed by atoms with van der Waals surface area (Å²) >= 11 is 3.36. The van der Waals surface area contributed by atoms with Crippen LogP contribution in [0, 0.1) is 0 Å². The van der Waals surface area contributed by atoms with Crippen molar-refractivity contribution in [3.05, 3.63) is 93.7 Å². The summed E-state index contributed by atoms with van der Waals surface area (Å²) in [6.45, 7) is 2.02. The zero-order valence-electron chi connectivity index (χ0n) is 14.7. The van der Waals surface area contributed by atoms with Crippen LogP contribution >= 0.6 is 15.9 Å². The van der Waals surface area contributed by atoms with Crippen LogP contribution in [-0.4, -0.2) is 19.2 Å². The standard InChI is InChI=1S/C21H18BrNO3S/c1-2-15-3-7-19(8-4-15)27(25,26)14-17-5-6-18(22)13-20(17)21(24)16-9-11-23-12-10-16/h3-13H,2,14H2,1H3. The van der Waals surface area contributed by atoms with Crippen LogP contribution in [0.3, 0.4) is 0 Å². The molecule has 27 heavy (non-hydrogen) atoms. The highest BCUT2D eigenvalue weighted by Gasteiger charge is 2.21. The number of halogens is 1. The Morgan fingerprint density at radius 2 is 1.67 bits per heavy atom. The first kappa shape index (κ1) is 19.5. The Morgan fingerprint density at radius 3 is 2.30 bits per heavy atom. The number of ketones is 1. The fourth-order valence-electron chi connectivity index (χ4n) is 2.77. The van der Waals surface area contributed by atoms with Crippen molar-refractivity contribution in [2.75, 3.05) is 0 Å². The Balaban J connectivity index is 1.98. The molecule has 1 heterocycles. The minimum absolute atomic E-state index is 0.231. The molecule has 0 aliphatic carbocycles. The lowest BCUT2D eigenvalue weighted by molar-refractivity contribution is 0.103. The van der Waals surface area contributed by atoms with Gasteiger partial charge in [0.25, 0.3) is 0 Å². The highest BCUT2D eigenvalue weighted by Crippen LogP contribution is 2.24. The Kier molecular flexibility index (Phi) is 5.87. The molecular weight excluding hydrogens is 426 g/mol. The molecule has 1 aromatic heterocycles. The summed E-state index contributed by atoms with van der Waals surface area (Å²) in [4.78, 5) is 17.1. The molecule has 3 rings (SSSR count). The summed E-state index contributed by atoms with van der Waals surface area (Å²) in [5.41, 5.74) is 2.38. The highest BCUT2D eigenvalue weighted by molar-refractivity contribution is 9.10. The summed E-state index contributed by atoms with van der Waals surface area (Å²) in [6.07, 6.45) is 3.92. The van der Waals surface area contributed by atoms with Gasteiger partial charge in [0.1, 0.15) is 0 Å². The largest absolute Gasteiger partial charge is 0.289 e. The van der Waals surface area contributed by atoms with Crippen molar-refractivity contribution in [2.45, 2.75) is 24.0 Å². The molecule has 0 aliphatic rings. The molecule has 0 saturated heterocycles. The zero-order valence-corrected chi connectivity index (χ0v) is 17.1. The summed E-state index contributed by atoms with van der Waals surface area (Å²) in [5.74, 6) is -0.469. The molecule has 0 saturated carbocycles. The van der Waals surface area contributed by atoms with Crippen LogP contribution < -0.4 is 0 Å². The lowest BCUT2D eigenvalue weighted by atomic mass is 10.00. The van der Waals surface area contributed by atoms with Gasteiger partial charge in [-0.25, -0.2) is 8.42 Å². The van der Waals surface area contributed by atoms with Crippen molar-refractivity contribution >= 4 is 31.6 Å². The number of aromatic nitrogens is 1. The van der Waals surface area contributed by atoms with E-state index in [2.05, 4.69) is 20.9 Å². The molecule has 0 bridgehead atoms. The average molecular weight is 444 g/mol. The van der Waals surface area contributed by atoms with Gasteiger partial charge in [0, 0.05) is 28.0 Å². The van der Waals surface area contributed by atoms with Crippen molar-refractivity contribution in [1.29, 1.82) is 0 Å². The summed E-state index contributed by atoms with van der Waals surface area (Å²) < 4.78 is 26.4. The smallest absolute Gasteiger partial charge is 0.193 e. The lowest BCUT2D eigenvalue weighted by Gasteiger charge is -2.11. The molecule has 2 aromatic carbocycles. The minimum atomic E-state index is -3.57. The van der Waals surface area contributed by atoms with Gasteiger partial charge in [-0.2, -0.15) is 0 Å². The molecule has 0 amide bonds. The first-order valence-corrected chi connectivity index (χ1v) is 10.9. The first-order chi connectivity index (χ1) is 12.9. The molecule has 0 spiro atoms. The van der Waals surface area contributed by atoms with Crippen LogP contribution in [0.15, 0.2) is 76.4 Å². The second-order valence-corrected chi connectivity index (χ2v) is 9.03. The molecule has 0 unspecified atom stereocenters. The number of carbonyl (C=O) groups is 1. The van der Waals surface area contributed by atoms with Gasteiger partial charge in [0.2, 0.25) is 0 Å². The van der Waals surface area contributed by atoms with Crippen molar-refractivity contribution in [2.24, 2.45) is 0 Å². The van der Waals surface area contributed by atoms with E-state index in [1.165, 1.54) is 12.4 Å². The molecule has 3 aromatic rings. The average Bonchev–Trinajstić information content (AvgIpc) is 2.69. The van der Waals surface area contributed by atoms with Crippen LogP contribution in [0.5, 0.6) is 0 Å². The number of sulfone groups is 1. The molecule has 6 heteroatoms. The Morgan fingerprint density at radius 1 is 1.00 bits per heavy atom. The summed E-state index contributed by atoms with van der Waals surface area (Å²) in [6, 6.07) is 15.2. The van der Waals surface area contributed by atoms with E-state index in [1.54, 1.807) is 42.5 Å². The second-order valence-electron chi connectivity index (χ2n) is 6.12. The van der Waals surface area contributed by atoms with E-state index in [-0.39, 0.29) is 16.4 Å². The third kappa shape index (κ3) is 4.51. The summed E-state index contributed by atoms with van der Waals surface area (Å²) in [7, 11) is -3.57. The number of hydrogen-bond acceptors (Lipinski definition) is 4. The lowest BCUT2D eigenvalue weighted by Crippen LogP contribution is -2.11. The molecule has 0 atom stereocenters. The van der Waals surface area contributed by atoms with Crippen molar-refractivity contribution in [1.82, 2.24) is 4.98 Å². The highest BCUT2D eigenvalue weighted by atomic mass is 79.9. The fourth-order valence-corrected chi connectivity index (χ4v) is 4.50. The Hall–Kier alpha value is -2.31. The fraction of sp³-hybridized carbons (Fsp3) is 0.143. The van der Waals surface area contributed by atoms with Gasteiger partial charge in [0.15, 0.2) is 15.6 Å². The van der Waals surface area contributed by atoms with Crippen LogP contribution in [0.1, 0.15) is 34.0 Å². The minimum Gasteiger partial charge on any atom is -0.289 e. The predicted molar refractivity (Wildman–Crippen MR) is 109 cm³/mol. The Bertz CT molecular complexity index is 1060. The monoisotopic (exact) mass is 443 g/mol. The topological polar surface area (TPSA) is 64.1 Å². The van der Waals surface area contributed by atoms with Crippen molar-refractivity contribution in [3.8, 4) is 0 Å². The van der Waals surface area contributed by atoms with Gasteiger partial charge in [-0.15, -0.1) is 0 Å². The molecule has 0 N–H and O–H groups in total. The predicted octanol–water partition coefficient (Wildman–Crippen LogP) is 4.61. The van der Waals surface area contributed by atoms with E-state index in [0.29, 0.717) is 21.2 Å². The van der Waals surface area contributed by atoms with E-state index in [9.17, 15) is 13.2 Å². The molecule has 138 valence electrons. The quantitative estimate of drug-likeness (QED) is 0.521. The molecule has 0 aliphatic heterocycles. The molecule has 4 nitrogen and oxygen atoms in total. The summed E-state index contributed by atoms with van der Waals surface area (Å²) in [5, 5.41) is 0. The number of hydrogen-bond donors (Lipinski definition) is 0. The van der Waals surface area contributed by atoms with Crippen LogP contribution in [0.2, 0.25) is 0 Å². The van der Waals surface area contributed by atoms with E-state index in [0.717, 1.165) is 12.0 Å². The maximum Gasteiger partial charge on any atom is 0.193 e. The van der Waals surface area contributed by atoms with E-state index in [4.69, 9.17) is 0 Å². The first-order valence-electron chi connectivity index (χ1n) is 8.45.